The van der Waals surface area contributed by atoms with Crippen LogP contribution in [0, 0.1) is 39.6 Å². The summed E-state index contributed by atoms with van der Waals surface area (Å²) in [6, 6.07) is 7.70. The van der Waals surface area contributed by atoms with E-state index in [1.807, 2.05) is 20.2 Å². The van der Waals surface area contributed by atoms with Crippen molar-refractivity contribution in [1.82, 2.24) is 24.5 Å². The number of likely N-dealkylation sites (N-methyl/N-ethyl adjacent to an activating group) is 1. The first-order valence-corrected chi connectivity index (χ1v) is 12.0. The van der Waals surface area contributed by atoms with Gasteiger partial charge in [-0.05, 0) is 40.2 Å². The van der Waals surface area contributed by atoms with Crippen LogP contribution in [0.15, 0.2) is 48.9 Å². The Balaban J connectivity index is 0.00000484. The van der Waals surface area contributed by atoms with Crippen molar-refractivity contribution in [3.63, 3.8) is 0 Å². The van der Waals surface area contributed by atoms with Crippen LogP contribution in [0.3, 0.4) is 0 Å². The minimum Gasteiger partial charge on any atom is -1.00 e. The van der Waals surface area contributed by atoms with E-state index in [4.69, 9.17) is 6.42 Å². The average molecular weight is 635 g/mol. The number of carbonyl (C=O) groups is 1. The van der Waals surface area contributed by atoms with Crippen molar-refractivity contribution >= 4 is 40.0 Å². The van der Waals surface area contributed by atoms with E-state index in [0.29, 0.717) is 34.6 Å². The maximum Gasteiger partial charge on any atom is 0.392 e. The first kappa shape index (κ1) is 31.3. The molecule has 0 saturated carbocycles. The molecule has 0 bridgehead atoms. The van der Waals surface area contributed by atoms with E-state index in [9.17, 15) is 24.6 Å². The van der Waals surface area contributed by atoms with Gasteiger partial charge in [0.25, 0.3) is 0 Å². The van der Waals surface area contributed by atoms with E-state index >= 15 is 0 Å². The molecule has 4 aromatic rings. The van der Waals surface area contributed by atoms with Gasteiger partial charge in [0.05, 0.1) is 37.9 Å². The van der Waals surface area contributed by atoms with Crippen LogP contribution in [0.25, 0.3) is 10.9 Å². The summed E-state index contributed by atoms with van der Waals surface area (Å²) in [6.07, 6.45) is 11.2. The van der Waals surface area contributed by atoms with Crippen LogP contribution < -0.4 is 27.6 Å². The molecule has 4 rings (SSSR count). The SMILES string of the molecule is C#Cc1cc(Nc2ncnc3cnc(NC(=O)/C=C/C[N+](C)(C)Cc4c([N+](=O)[O-])nc(C#N)n4C)cc23)ccc1F.[Br-]. The maximum absolute atomic E-state index is 13.8. The van der Waals surface area contributed by atoms with Gasteiger partial charge < -0.3 is 42.2 Å². The van der Waals surface area contributed by atoms with Crippen molar-refractivity contribution in [1.29, 1.82) is 5.26 Å². The number of rotatable bonds is 9. The summed E-state index contributed by atoms with van der Waals surface area (Å²) >= 11 is 0. The lowest BCUT2D eigenvalue weighted by Gasteiger charge is -2.28. The van der Waals surface area contributed by atoms with Crippen molar-refractivity contribution in [2.24, 2.45) is 7.05 Å². The van der Waals surface area contributed by atoms with Crippen molar-refractivity contribution in [3.8, 4) is 18.4 Å². The number of imidazole rings is 1. The number of amides is 1. The zero-order valence-electron chi connectivity index (χ0n) is 22.7. The molecule has 2 N–H and O–H groups in total. The number of nitro groups is 1. The highest BCUT2D eigenvalue weighted by atomic mass is 79.9. The number of aromatic nitrogens is 5. The molecule has 1 amide bonds. The summed E-state index contributed by atoms with van der Waals surface area (Å²) in [5.41, 5.74) is 1.43. The van der Waals surface area contributed by atoms with Crippen LogP contribution in [0.4, 0.5) is 27.5 Å². The van der Waals surface area contributed by atoms with Gasteiger partial charge in [-0.2, -0.15) is 5.26 Å². The molecule has 42 heavy (non-hydrogen) atoms. The van der Waals surface area contributed by atoms with Gasteiger partial charge in [-0.3, -0.25) is 9.36 Å². The largest absolute Gasteiger partial charge is 1.00 e. The normalized spacial score (nSPS) is 11.0. The fourth-order valence-electron chi connectivity index (χ4n) is 4.00. The second-order valence-electron chi connectivity index (χ2n) is 9.57. The molecule has 214 valence electrons. The highest BCUT2D eigenvalue weighted by Gasteiger charge is 2.30. The number of hydrogen-bond donors (Lipinski definition) is 2. The maximum atomic E-state index is 13.8. The summed E-state index contributed by atoms with van der Waals surface area (Å²) < 4.78 is 15.4. The highest BCUT2D eigenvalue weighted by Crippen LogP contribution is 2.26. The van der Waals surface area contributed by atoms with Gasteiger partial charge in [0.15, 0.2) is 11.8 Å². The fraction of sp³-hybridized carbons (Fsp3) is 0.185. The summed E-state index contributed by atoms with van der Waals surface area (Å²) in [7, 11) is 5.21. The van der Waals surface area contributed by atoms with E-state index in [2.05, 4.69) is 36.5 Å². The van der Waals surface area contributed by atoms with Crippen molar-refractivity contribution in [2.75, 3.05) is 31.3 Å². The third-order valence-electron chi connectivity index (χ3n) is 6.07. The van der Waals surface area contributed by atoms with Crippen LogP contribution in [0.1, 0.15) is 17.1 Å². The molecule has 0 aliphatic rings. The van der Waals surface area contributed by atoms with Gasteiger partial charge in [0, 0.05) is 24.2 Å². The number of benzene rings is 1. The summed E-state index contributed by atoms with van der Waals surface area (Å²) in [6.45, 7) is 0.550. The first-order valence-electron chi connectivity index (χ1n) is 12.0. The Labute approximate surface area is 250 Å². The molecule has 0 aliphatic carbocycles. The molecule has 0 unspecified atom stereocenters. The third kappa shape index (κ3) is 7.08. The molecule has 1 aromatic carbocycles. The molecule has 0 radical (unpaired) electrons. The molecule has 0 saturated heterocycles. The van der Waals surface area contributed by atoms with Gasteiger partial charge >= 0.3 is 11.6 Å². The molecule has 0 spiro atoms. The monoisotopic (exact) mass is 634 g/mol. The van der Waals surface area contributed by atoms with Crippen molar-refractivity contribution in [2.45, 2.75) is 6.54 Å². The molecule has 13 nitrogen and oxygen atoms in total. The smallest absolute Gasteiger partial charge is 0.392 e. The van der Waals surface area contributed by atoms with Gasteiger partial charge in [-0.25, -0.2) is 19.3 Å². The molecule has 0 atom stereocenters. The Hall–Kier alpha value is -5.25. The Morgan fingerprint density at radius 3 is 2.74 bits per heavy atom. The van der Waals surface area contributed by atoms with Crippen LogP contribution >= 0.6 is 0 Å². The van der Waals surface area contributed by atoms with Gasteiger partial charge in [0.2, 0.25) is 5.91 Å². The van der Waals surface area contributed by atoms with E-state index in [1.165, 1.54) is 41.4 Å². The number of anilines is 3. The number of halogens is 2. The molecule has 3 heterocycles. The fourth-order valence-corrected chi connectivity index (χ4v) is 4.00. The first-order chi connectivity index (χ1) is 19.5. The minimum absolute atomic E-state index is 0. The Morgan fingerprint density at radius 2 is 2.05 bits per heavy atom. The van der Waals surface area contributed by atoms with E-state index in [0.717, 1.165) is 0 Å². The molecule has 3 aromatic heterocycles. The number of fused-ring (bicyclic) bond motifs is 1. The average Bonchev–Trinajstić information content (AvgIpc) is 3.24. The number of hydrogen-bond acceptors (Lipinski definition) is 9. The van der Waals surface area contributed by atoms with Crippen LogP contribution in [-0.4, -0.2) is 60.5 Å². The second-order valence-corrected chi connectivity index (χ2v) is 9.57. The number of nitriles is 1. The Morgan fingerprint density at radius 1 is 1.29 bits per heavy atom. The molecule has 0 fully saturated rings. The van der Waals surface area contributed by atoms with Gasteiger partial charge in [0.1, 0.15) is 30.3 Å². The van der Waals surface area contributed by atoms with Crippen LogP contribution in [0.5, 0.6) is 0 Å². The number of nitrogens with one attached hydrogen (secondary N) is 2. The lowest BCUT2D eigenvalue weighted by molar-refractivity contribution is -0.898. The lowest BCUT2D eigenvalue weighted by Crippen LogP contribution is -3.00. The lowest BCUT2D eigenvalue weighted by atomic mass is 10.2. The number of pyridine rings is 1. The highest BCUT2D eigenvalue weighted by molar-refractivity contribution is 6.00. The van der Waals surface area contributed by atoms with Crippen LogP contribution in [-0.2, 0) is 18.4 Å². The van der Waals surface area contributed by atoms with Gasteiger partial charge in [-0.1, -0.05) is 5.92 Å². The van der Waals surface area contributed by atoms with E-state index in [-0.39, 0.29) is 51.0 Å². The molecular formula is C27H24BrFN10O3. The predicted octanol–water partition coefficient (Wildman–Crippen LogP) is 0.177. The Kier molecular flexibility index (Phi) is 9.64. The minimum atomic E-state index is -0.615. The second kappa shape index (κ2) is 12.9. The summed E-state index contributed by atoms with van der Waals surface area (Å²) in [5, 5.41) is 26.9. The zero-order chi connectivity index (χ0) is 29.7. The zero-order valence-corrected chi connectivity index (χ0v) is 24.3. The van der Waals surface area contributed by atoms with Crippen molar-refractivity contribution < 1.29 is 35.6 Å². The number of nitrogens with zero attached hydrogens (tertiary/aromatic N) is 8. The van der Waals surface area contributed by atoms with E-state index < -0.39 is 16.6 Å². The van der Waals surface area contributed by atoms with Crippen molar-refractivity contribution in [3.05, 3.63) is 82.0 Å². The molecular weight excluding hydrogens is 611 g/mol. The summed E-state index contributed by atoms with van der Waals surface area (Å²) in [5.74, 6) is 1.56. The predicted molar refractivity (Wildman–Crippen MR) is 148 cm³/mol. The topological polar surface area (TPSA) is 165 Å². The summed E-state index contributed by atoms with van der Waals surface area (Å²) in [4.78, 5) is 39.9. The molecule has 15 heteroatoms. The quantitative estimate of drug-likeness (QED) is 0.0859. The number of carbonyl (C=O) groups excluding carboxylic acids is 1. The number of quaternary nitrogens is 1. The van der Waals surface area contributed by atoms with Crippen LogP contribution in [0.2, 0.25) is 0 Å². The molecule has 0 aliphatic heterocycles. The Bertz CT molecular complexity index is 1790. The third-order valence-corrected chi connectivity index (χ3v) is 6.07. The standard InChI is InChI=1S/C27H23FN10O3.BrH/c1-5-17-11-18(8-9-20(17)28)33-26-19-12-23(30-14-21(19)31-16-32-26)34-25(39)7-6-10-38(3,4)15-22-27(37(40)41)35-24(13-29)36(22)2;/h1,6-9,11-12,14,16H,10,15H2,2-4H3,(H-,30,31,32,33,34,39);1H/b7-6+;. The number of terminal acetylenes is 1. The van der Waals surface area contributed by atoms with E-state index in [1.54, 1.807) is 19.2 Å². The van der Waals surface area contributed by atoms with Gasteiger partial charge in [-0.15, -0.1) is 6.42 Å².